The monoisotopic (exact) mass is 101 g/mol. The molecule has 0 aliphatic heterocycles. The van der Waals surface area contributed by atoms with Gasteiger partial charge in [0.15, 0.2) is 0 Å². The Bertz CT molecular complexity index is 99.5. The van der Waals surface area contributed by atoms with Crippen LogP contribution in [0.3, 0.4) is 0 Å². The molecule has 0 bridgehead atoms. The molecular formula is C3H9N4+. The average molecular weight is 101 g/mol. The van der Waals surface area contributed by atoms with Crippen LogP contribution in [0, 0.1) is 0 Å². The summed E-state index contributed by atoms with van der Waals surface area (Å²) in [4.78, 5) is 0. The van der Waals surface area contributed by atoms with E-state index in [4.69, 9.17) is 11.7 Å². The summed E-state index contributed by atoms with van der Waals surface area (Å²) in [5, 5.41) is 3.06. The third-order valence-corrected chi connectivity index (χ3v) is 0.527. The molecule has 0 amide bonds. The van der Waals surface area contributed by atoms with Crippen molar-refractivity contribution in [2.24, 2.45) is 16.8 Å². The zero-order valence-corrected chi connectivity index (χ0v) is 4.26. The second-order valence-corrected chi connectivity index (χ2v) is 1.02. The third-order valence-electron chi connectivity index (χ3n) is 0.527. The summed E-state index contributed by atoms with van der Waals surface area (Å²) in [5.41, 5.74) is 0. The first-order chi connectivity index (χ1) is 3.31. The smallest absolute Gasteiger partial charge is 0.266 e. The van der Waals surface area contributed by atoms with E-state index >= 15 is 0 Å². The first-order valence-corrected chi connectivity index (χ1v) is 1.99. The Morgan fingerprint density at radius 3 is 2.57 bits per heavy atom. The Morgan fingerprint density at radius 1 is 1.86 bits per heavy atom. The lowest BCUT2D eigenvalue weighted by molar-refractivity contribution is -0.529. The lowest BCUT2D eigenvalue weighted by atomic mass is 10.8. The minimum atomic E-state index is 0.667. The van der Waals surface area contributed by atoms with E-state index in [9.17, 15) is 0 Å². The maximum absolute atomic E-state index is 5.13. The molecule has 7 heavy (non-hydrogen) atoms. The molecule has 0 fully saturated rings. The Kier molecular flexibility index (Phi) is 2.72. The summed E-state index contributed by atoms with van der Waals surface area (Å²) >= 11 is 0. The predicted octanol–water partition coefficient (Wildman–Crippen LogP) is -1.06. The van der Waals surface area contributed by atoms with Gasteiger partial charge in [-0.2, -0.15) is 0 Å². The molecule has 4 nitrogen and oxygen atoms in total. The summed E-state index contributed by atoms with van der Waals surface area (Å²) in [6.07, 6.45) is 0. The van der Waals surface area contributed by atoms with Crippen molar-refractivity contribution in [2.45, 2.75) is 6.92 Å². The second-order valence-electron chi connectivity index (χ2n) is 1.02. The van der Waals surface area contributed by atoms with E-state index in [1.54, 1.807) is 0 Å². The number of hydrazine groups is 1. The SMILES string of the molecule is CC[N+](N)=C=NN. The van der Waals surface area contributed by atoms with Crippen LogP contribution in [0.25, 0.3) is 0 Å². The molecule has 0 saturated carbocycles. The third kappa shape index (κ3) is 2.79. The summed E-state index contributed by atoms with van der Waals surface area (Å²) in [5.74, 6) is 9.83. The highest BCUT2D eigenvalue weighted by molar-refractivity contribution is 5.32. The summed E-state index contributed by atoms with van der Waals surface area (Å²) < 4.78 is 1.26. The van der Waals surface area contributed by atoms with Crippen molar-refractivity contribution in [1.82, 2.24) is 0 Å². The molecule has 40 valence electrons. The summed E-state index contributed by atoms with van der Waals surface area (Å²) in [6, 6.07) is 2.31. The van der Waals surface area contributed by atoms with Crippen LogP contribution in [0.5, 0.6) is 0 Å². The maximum Gasteiger partial charge on any atom is 0.363 e. The fourth-order valence-corrected chi connectivity index (χ4v) is 0.145. The lowest BCUT2D eigenvalue weighted by Gasteiger charge is -1.80. The van der Waals surface area contributed by atoms with E-state index in [-0.39, 0.29) is 0 Å². The molecule has 4 N–H and O–H groups in total. The van der Waals surface area contributed by atoms with Gasteiger partial charge in [-0.15, -0.1) is 4.68 Å². The predicted molar refractivity (Wildman–Crippen MR) is 26.6 cm³/mol. The van der Waals surface area contributed by atoms with Gasteiger partial charge in [0, 0.05) is 0 Å². The van der Waals surface area contributed by atoms with Crippen molar-refractivity contribution < 1.29 is 4.68 Å². The van der Waals surface area contributed by atoms with Gasteiger partial charge in [0.2, 0.25) is 0 Å². The van der Waals surface area contributed by atoms with Crippen molar-refractivity contribution >= 4 is 6.01 Å². The molecule has 0 aromatic carbocycles. The van der Waals surface area contributed by atoms with Gasteiger partial charge in [-0.25, -0.2) is 5.84 Å². The normalized spacial score (nSPS) is 7.00. The van der Waals surface area contributed by atoms with Gasteiger partial charge in [-0.1, -0.05) is 0 Å². The Labute approximate surface area is 42.1 Å². The molecule has 0 aromatic rings. The fraction of sp³-hybridized carbons (Fsp3) is 0.667. The molecule has 4 heteroatoms. The highest BCUT2D eigenvalue weighted by Gasteiger charge is 1.78. The van der Waals surface area contributed by atoms with Crippen LogP contribution in [0.1, 0.15) is 6.92 Å². The van der Waals surface area contributed by atoms with E-state index in [0.717, 1.165) is 0 Å². The molecule has 0 spiro atoms. The van der Waals surface area contributed by atoms with Crippen molar-refractivity contribution in [3.8, 4) is 0 Å². The van der Waals surface area contributed by atoms with Crippen LogP contribution in [-0.2, 0) is 0 Å². The first kappa shape index (κ1) is 5.98. The molecule has 0 atom stereocenters. The topological polar surface area (TPSA) is 67.4 Å². The van der Waals surface area contributed by atoms with Gasteiger partial charge in [0.05, 0.1) is 5.10 Å². The van der Waals surface area contributed by atoms with Crippen molar-refractivity contribution in [3.05, 3.63) is 0 Å². The van der Waals surface area contributed by atoms with E-state index in [1.807, 2.05) is 6.92 Å². The minimum Gasteiger partial charge on any atom is -0.266 e. The van der Waals surface area contributed by atoms with E-state index < -0.39 is 0 Å². The lowest BCUT2D eigenvalue weighted by Crippen LogP contribution is -2.17. The number of nitrogens with two attached hydrogens (primary N) is 2. The quantitative estimate of drug-likeness (QED) is 0.191. The molecular weight excluding hydrogens is 92.1 g/mol. The van der Waals surface area contributed by atoms with E-state index in [1.165, 1.54) is 4.68 Å². The van der Waals surface area contributed by atoms with Gasteiger partial charge >= 0.3 is 6.01 Å². The zero-order valence-electron chi connectivity index (χ0n) is 4.26. The Balaban J connectivity index is 3.74. The maximum atomic E-state index is 5.13. The first-order valence-electron chi connectivity index (χ1n) is 1.99. The van der Waals surface area contributed by atoms with Crippen LogP contribution >= 0.6 is 0 Å². The van der Waals surface area contributed by atoms with Crippen LogP contribution in [0.4, 0.5) is 0 Å². The minimum absolute atomic E-state index is 0.667. The Hall–Kier alpha value is -1.02. The molecule has 0 aliphatic carbocycles. The van der Waals surface area contributed by atoms with E-state index in [2.05, 4.69) is 11.1 Å². The molecule has 0 radical (unpaired) electrons. The van der Waals surface area contributed by atoms with Crippen LogP contribution in [-0.4, -0.2) is 17.2 Å². The van der Waals surface area contributed by atoms with Crippen molar-refractivity contribution in [2.75, 3.05) is 6.54 Å². The van der Waals surface area contributed by atoms with Gasteiger partial charge in [-0.3, -0.25) is 5.84 Å². The van der Waals surface area contributed by atoms with Crippen LogP contribution < -0.4 is 11.7 Å². The standard InChI is InChI=1S/C3H9N4/c1-2-7(5)3-6-4/h2,4-5H2,1H3/q+1. The largest absolute Gasteiger partial charge is 0.363 e. The van der Waals surface area contributed by atoms with Crippen LogP contribution in [0.15, 0.2) is 5.10 Å². The molecule has 0 rings (SSSR count). The number of hydrazone groups is 2. The molecule has 0 unspecified atom stereocenters. The van der Waals surface area contributed by atoms with Gasteiger partial charge in [0.25, 0.3) is 0 Å². The fourth-order valence-electron chi connectivity index (χ4n) is 0.145. The van der Waals surface area contributed by atoms with Gasteiger partial charge in [0.1, 0.15) is 6.54 Å². The van der Waals surface area contributed by atoms with Gasteiger partial charge in [-0.05, 0) is 6.92 Å². The van der Waals surface area contributed by atoms with Crippen molar-refractivity contribution in [1.29, 1.82) is 0 Å². The second kappa shape index (κ2) is 3.18. The number of hydrogen-bond donors (Lipinski definition) is 2. The number of nitrogens with zero attached hydrogens (tertiary/aromatic N) is 2. The average Bonchev–Trinajstić information content (AvgIpc) is 1.68. The zero-order chi connectivity index (χ0) is 5.70. The highest BCUT2D eigenvalue weighted by atomic mass is 15.3. The molecule has 0 saturated heterocycles. The Morgan fingerprint density at radius 2 is 2.43 bits per heavy atom. The molecule has 0 aromatic heterocycles. The van der Waals surface area contributed by atoms with Crippen LogP contribution in [0.2, 0.25) is 0 Å². The van der Waals surface area contributed by atoms with Gasteiger partial charge < -0.3 is 0 Å². The number of hydrogen-bond acceptors (Lipinski definition) is 3. The summed E-state index contributed by atoms with van der Waals surface area (Å²) in [7, 11) is 0. The summed E-state index contributed by atoms with van der Waals surface area (Å²) in [6.45, 7) is 2.54. The number of rotatable bonds is 1. The van der Waals surface area contributed by atoms with Crippen molar-refractivity contribution in [3.63, 3.8) is 0 Å². The molecule has 0 aliphatic rings. The molecule has 0 heterocycles. The highest BCUT2D eigenvalue weighted by Crippen LogP contribution is 1.50. The van der Waals surface area contributed by atoms with E-state index in [0.29, 0.717) is 6.54 Å².